The first-order valence-electron chi connectivity index (χ1n) is 6.90. The molecule has 1 unspecified atom stereocenters. The van der Waals surface area contributed by atoms with Crippen molar-refractivity contribution in [2.45, 2.75) is 25.8 Å². The quantitative estimate of drug-likeness (QED) is 0.633. The number of nitrogens with one attached hydrogen (secondary N) is 2. The summed E-state index contributed by atoms with van der Waals surface area (Å²) in [5.74, 6) is -0.328. The fourth-order valence-electron chi connectivity index (χ4n) is 2.41. The van der Waals surface area contributed by atoms with E-state index in [2.05, 4.69) is 10.6 Å². The number of hydrogen-bond acceptors (Lipinski definition) is 5. The van der Waals surface area contributed by atoms with Crippen molar-refractivity contribution in [3.63, 3.8) is 0 Å². The third-order valence-electron chi connectivity index (χ3n) is 3.51. The Balaban J connectivity index is 2.31. The van der Waals surface area contributed by atoms with Crippen LogP contribution in [0.2, 0.25) is 0 Å². The molecule has 0 spiro atoms. The van der Waals surface area contributed by atoms with Gasteiger partial charge in [-0.05, 0) is 32.9 Å². The monoisotopic (exact) mass is 293 g/mol. The lowest BCUT2D eigenvalue weighted by molar-refractivity contribution is -0.385. The highest BCUT2D eigenvalue weighted by atomic mass is 16.6. The number of hydrogen-bond donors (Lipinski definition) is 2. The summed E-state index contributed by atoms with van der Waals surface area (Å²) in [6.07, 6.45) is 0.817. The van der Waals surface area contributed by atoms with Crippen LogP contribution >= 0.6 is 0 Å². The van der Waals surface area contributed by atoms with Gasteiger partial charge in [-0.1, -0.05) is 6.07 Å². The van der Waals surface area contributed by atoms with Gasteiger partial charge in [0.2, 0.25) is 5.75 Å². The molecule has 1 aliphatic rings. The van der Waals surface area contributed by atoms with Gasteiger partial charge in [-0.25, -0.2) is 0 Å². The third-order valence-corrected chi connectivity index (χ3v) is 3.51. The Morgan fingerprint density at radius 3 is 2.90 bits per heavy atom. The second-order valence-electron chi connectivity index (χ2n) is 5.29. The highest BCUT2D eigenvalue weighted by molar-refractivity contribution is 5.98. The molecule has 0 aliphatic carbocycles. The molecule has 2 N–H and O–H groups in total. The summed E-state index contributed by atoms with van der Waals surface area (Å²) < 4.78 is 5.33. The lowest BCUT2D eigenvalue weighted by atomic mass is 10.0. The first kappa shape index (κ1) is 15.2. The van der Waals surface area contributed by atoms with Gasteiger partial charge in [0.25, 0.3) is 5.91 Å². The van der Waals surface area contributed by atoms with E-state index < -0.39 is 4.92 Å². The zero-order valence-electron chi connectivity index (χ0n) is 12.1. The van der Waals surface area contributed by atoms with Crippen molar-refractivity contribution in [3.05, 3.63) is 33.9 Å². The molecule has 1 amide bonds. The first-order chi connectivity index (χ1) is 9.97. The van der Waals surface area contributed by atoms with E-state index in [0.717, 1.165) is 13.0 Å². The molecule has 0 saturated carbocycles. The van der Waals surface area contributed by atoms with Crippen molar-refractivity contribution in [2.75, 3.05) is 19.7 Å². The van der Waals surface area contributed by atoms with Gasteiger partial charge in [0, 0.05) is 12.6 Å². The Labute approximate surface area is 122 Å². The lowest BCUT2D eigenvalue weighted by Crippen LogP contribution is -2.47. The summed E-state index contributed by atoms with van der Waals surface area (Å²) in [6, 6.07) is 4.37. The van der Waals surface area contributed by atoms with E-state index >= 15 is 0 Å². The fourth-order valence-corrected chi connectivity index (χ4v) is 2.41. The van der Waals surface area contributed by atoms with E-state index in [-0.39, 0.29) is 35.1 Å². The number of amides is 1. The number of rotatable bonds is 5. The van der Waals surface area contributed by atoms with Crippen molar-refractivity contribution in [3.8, 4) is 5.75 Å². The van der Waals surface area contributed by atoms with E-state index in [1.165, 1.54) is 12.1 Å². The topological polar surface area (TPSA) is 93.5 Å². The van der Waals surface area contributed by atoms with Crippen molar-refractivity contribution < 1.29 is 14.5 Å². The molecule has 1 aromatic rings. The zero-order chi connectivity index (χ0) is 15.5. The molecule has 0 bridgehead atoms. The second kappa shape index (κ2) is 6.09. The van der Waals surface area contributed by atoms with E-state index in [1.807, 2.05) is 6.92 Å². The molecule has 114 valence electrons. The van der Waals surface area contributed by atoms with Gasteiger partial charge in [-0.15, -0.1) is 0 Å². The van der Waals surface area contributed by atoms with Gasteiger partial charge < -0.3 is 15.4 Å². The van der Waals surface area contributed by atoms with Crippen LogP contribution in [0.3, 0.4) is 0 Å². The lowest BCUT2D eigenvalue weighted by Gasteiger charge is -2.24. The Morgan fingerprint density at radius 1 is 1.57 bits per heavy atom. The maximum atomic E-state index is 12.4. The number of nitro benzene ring substituents is 1. The number of carbonyl (C=O) groups excluding carboxylic acids is 1. The van der Waals surface area contributed by atoms with Crippen LogP contribution in [0.4, 0.5) is 5.69 Å². The summed E-state index contributed by atoms with van der Waals surface area (Å²) in [7, 11) is 0. The van der Waals surface area contributed by atoms with Crippen LogP contribution in [0.1, 0.15) is 30.6 Å². The minimum atomic E-state index is -0.541. The third kappa shape index (κ3) is 3.30. The fraction of sp³-hybridized carbons (Fsp3) is 0.500. The Kier molecular flexibility index (Phi) is 4.42. The Morgan fingerprint density at radius 2 is 2.33 bits per heavy atom. The van der Waals surface area contributed by atoms with Crippen LogP contribution in [0.5, 0.6) is 5.75 Å². The zero-order valence-corrected chi connectivity index (χ0v) is 12.1. The van der Waals surface area contributed by atoms with Crippen LogP contribution in [-0.4, -0.2) is 36.1 Å². The molecule has 1 saturated heterocycles. The van der Waals surface area contributed by atoms with Crippen LogP contribution in [0.25, 0.3) is 0 Å². The molecule has 1 fully saturated rings. The molecular formula is C14H19N3O4. The van der Waals surface area contributed by atoms with Gasteiger partial charge >= 0.3 is 5.69 Å². The van der Waals surface area contributed by atoms with E-state index in [1.54, 1.807) is 13.0 Å². The summed E-state index contributed by atoms with van der Waals surface area (Å²) in [5.41, 5.74) is -0.344. The molecule has 7 nitrogen and oxygen atoms in total. The molecule has 0 radical (unpaired) electrons. The SMILES string of the molecule is CCOc1c(C(=O)NC2(C)CCNC2)cccc1[N+](=O)[O-]. The average molecular weight is 293 g/mol. The maximum Gasteiger partial charge on any atom is 0.311 e. The molecule has 2 rings (SSSR count). The number of benzene rings is 1. The van der Waals surface area contributed by atoms with Crippen LogP contribution in [0, 0.1) is 10.1 Å². The molecule has 0 aromatic heterocycles. The van der Waals surface area contributed by atoms with Crippen molar-refractivity contribution in [1.29, 1.82) is 0 Å². The second-order valence-corrected chi connectivity index (χ2v) is 5.29. The number of para-hydroxylation sites is 1. The van der Waals surface area contributed by atoms with Gasteiger partial charge in [-0.3, -0.25) is 14.9 Å². The van der Waals surface area contributed by atoms with E-state index in [0.29, 0.717) is 6.54 Å². The van der Waals surface area contributed by atoms with Crippen molar-refractivity contribution >= 4 is 11.6 Å². The van der Waals surface area contributed by atoms with E-state index in [4.69, 9.17) is 4.74 Å². The largest absolute Gasteiger partial charge is 0.487 e. The van der Waals surface area contributed by atoms with Gasteiger partial charge in [0.1, 0.15) is 0 Å². The molecular weight excluding hydrogens is 274 g/mol. The Bertz CT molecular complexity index is 553. The maximum absolute atomic E-state index is 12.4. The molecule has 1 aromatic carbocycles. The first-order valence-corrected chi connectivity index (χ1v) is 6.90. The smallest absolute Gasteiger partial charge is 0.311 e. The van der Waals surface area contributed by atoms with Crippen LogP contribution in [0.15, 0.2) is 18.2 Å². The van der Waals surface area contributed by atoms with Crippen molar-refractivity contribution in [1.82, 2.24) is 10.6 Å². The molecule has 7 heteroatoms. The van der Waals surface area contributed by atoms with E-state index in [9.17, 15) is 14.9 Å². The standard InChI is InChI=1S/C14H19N3O4/c1-3-21-12-10(5-4-6-11(12)17(19)20)13(18)16-14(2)7-8-15-9-14/h4-6,15H,3,7-9H2,1-2H3,(H,16,18). The predicted molar refractivity (Wildman–Crippen MR) is 77.6 cm³/mol. The van der Waals surface area contributed by atoms with Crippen LogP contribution < -0.4 is 15.4 Å². The Hall–Kier alpha value is -2.15. The van der Waals surface area contributed by atoms with Gasteiger partial charge in [0.05, 0.1) is 22.6 Å². The highest BCUT2D eigenvalue weighted by Crippen LogP contribution is 2.31. The number of ether oxygens (including phenoxy) is 1. The summed E-state index contributed by atoms with van der Waals surface area (Å²) in [5, 5.41) is 17.2. The highest BCUT2D eigenvalue weighted by Gasteiger charge is 2.32. The molecule has 21 heavy (non-hydrogen) atoms. The molecule has 1 aliphatic heterocycles. The van der Waals surface area contributed by atoms with Crippen LogP contribution in [-0.2, 0) is 0 Å². The average Bonchev–Trinajstić information content (AvgIpc) is 2.85. The molecule has 1 atom stereocenters. The number of nitrogens with zero attached hydrogens (tertiary/aromatic N) is 1. The van der Waals surface area contributed by atoms with Crippen molar-refractivity contribution in [2.24, 2.45) is 0 Å². The van der Waals surface area contributed by atoms with Gasteiger partial charge in [0.15, 0.2) is 0 Å². The predicted octanol–water partition coefficient (Wildman–Crippen LogP) is 1.48. The summed E-state index contributed by atoms with van der Waals surface area (Å²) in [6.45, 7) is 5.44. The molecule has 1 heterocycles. The minimum absolute atomic E-state index is 0.0251. The van der Waals surface area contributed by atoms with Gasteiger partial charge in [-0.2, -0.15) is 0 Å². The number of nitro groups is 1. The minimum Gasteiger partial charge on any atom is -0.487 e. The summed E-state index contributed by atoms with van der Waals surface area (Å²) in [4.78, 5) is 23.0. The normalized spacial score (nSPS) is 21.0. The number of carbonyl (C=O) groups is 1. The summed E-state index contributed by atoms with van der Waals surface area (Å²) >= 11 is 0.